The standard InChI is InChI=1S/C16H19ClN2O2/c1-16(2,3)13(20)9-18-15(21)11-4-6-12-10(8-11)5-7-14(17)19-12/h4-8,13,20H,9H2,1-3H3,(H,18,21). The summed E-state index contributed by atoms with van der Waals surface area (Å²) in [4.78, 5) is 16.3. The Morgan fingerprint density at radius 2 is 2.05 bits per heavy atom. The summed E-state index contributed by atoms with van der Waals surface area (Å²) < 4.78 is 0. The third kappa shape index (κ3) is 3.93. The van der Waals surface area contributed by atoms with Crippen LogP contribution in [0.4, 0.5) is 0 Å². The molecule has 112 valence electrons. The summed E-state index contributed by atoms with van der Waals surface area (Å²) in [5.41, 5.74) is 1.01. The molecule has 0 saturated heterocycles. The molecule has 0 aliphatic carbocycles. The molecule has 0 saturated carbocycles. The number of fused-ring (bicyclic) bond motifs is 1. The number of halogens is 1. The number of pyridine rings is 1. The lowest BCUT2D eigenvalue weighted by Crippen LogP contribution is -2.39. The molecular formula is C16H19ClN2O2. The van der Waals surface area contributed by atoms with Gasteiger partial charge < -0.3 is 10.4 Å². The number of aliphatic hydroxyl groups excluding tert-OH is 1. The summed E-state index contributed by atoms with van der Waals surface area (Å²) in [7, 11) is 0. The van der Waals surface area contributed by atoms with E-state index in [9.17, 15) is 9.90 Å². The SMILES string of the molecule is CC(C)(C)C(O)CNC(=O)c1ccc2nc(Cl)ccc2c1. The van der Waals surface area contributed by atoms with Gasteiger partial charge in [0.2, 0.25) is 0 Å². The summed E-state index contributed by atoms with van der Waals surface area (Å²) in [6, 6.07) is 8.73. The topological polar surface area (TPSA) is 62.2 Å². The van der Waals surface area contributed by atoms with Crippen LogP contribution in [0.1, 0.15) is 31.1 Å². The first kappa shape index (κ1) is 15.7. The molecule has 0 radical (unpaired) electrons. The highest BCUT2D eigenvalue weighted by Crippen LogP contribution is 2.19. The van der Waals surface area contributed by atoms with Crippen molar-refractivity contribution < 1.29 is 9.90 Å². The van der Waals surface area contributed by atoms with E-state index in [0.29, 0.717) is 10.7 Å². The van der Waals surface area contributed by atoms with E-state index in [-0.39, 0.29) is 17.9 Å². The average molecular weight is 307 g/mol. The van der Waals surface area contributed by atoms with Gasteiger partial charge in [0.25, 0.3) is 5.91 Å². The van der Waals surface area contributed by atoms with Gasteiger partial charge >= 0.3 is 0 Å². The minimum Gasteiger partial charge on any atom is -0.391 e. The Morgan fingerprint density at radius 3 is 2.71 bits per heavy atom. The van der Waals surface area contributed by atoms with E-state index >= 15 is 0 Å². The van der Waals surface area contributed by atoms with Crippen molar-refractivity contribution in [1.29, 1.82) is 0 Å². The zero-order chi connectivity index (χ0) is 15.6. The van der Waals surface area contributed by atoms with Crippen LogP contribution in [0, 0.1) is 5.41 Å². The molecule has 0 aliphatic rings. The fraction of sp³-hybridized carbons (Fsp3) is 0.375. The molecule has 5 heteroatoms. The monoisotopic (exact) mass is 306 g/mol. The number of amides is 1. The second-order valence-electron chi connectivity index (χ2n) is 6.13. The van der Waals surface area contributed by atoms with Crippen molar-refractivity contribution in [3.63, 3.8) is 0 Å². The molecule has 1 heterocycles. The Balaban J connectivity index is 2.11. The van der Waals surface area contributed by atoms with Gasteiger partial charge in [-0.25, -0.2) is 4.98 Å². The predicted molar refractivity (Wildman–Crippen MR) is 84.5 cm³/mol. The Bertz CT molecular complexity index is 665. The molecule has 1 unspecified atom stereocenters. The van der Waals surface area contributed by atoms with Gasteiger partial charge in [-0.1, -0.05) is 32.4 Å². The van der Waals surface area contributed by atoms with Crippen LogP contribution in [0.2, 0.25) is 5.15 Å². The van der Waals surface area contributed by atoms with Gasteiger partial charge in [0.1, 0.15) is 5.15 Å². The van der Waals surface area contributed by atoms with Gasteiger partial charge in [0.05, 0.1) is 11.6 Å². The molecule has 2 aromatic rings. The van der Waals surface area contributed by atoms with Crippen LogP contribution in [0.5, 0.6) is 0 Å². The normalized spacial score (nSPS) is 13.2. The number of nitrogens with one attached hydrogen (secondary N) is 1. The van der Waals surface area contributed by atoms with Crippen LogP contribution in [-0.2, 0) is 0 Å². The number of carbonyl (C=O) groups is 1. The lowest BCUT2D eigenvalue weighted by molar-refractivity contribution is 0.0587. The number of carbonyl (C=O) groups excluding carboxylic acids is 1. The molecule has 1 aromatic carbocycles. The fourth-order valence-electron chi connectivity index (χ4n) is 1.84. The molecule has 4 nitrogen and oxygen atoms in total. The first-order valence-electron chi connectivity index (χ1n) is 6.80. The average Bonchev–Trinajstić information content (AvgIpc) is 2.42. The zero-order valence-electron chi connectivity index (χ0n) is 12.4. The predicted octanol–water partition coefficient (Wildman–Crippen LogP) is 3.03. The van der Waals surface area contributed by atoms with Gasteiger partial charge in [-0.15, -0.1) is 0 Å². The van der Waals surface area contributed by atoms with Crippen molar-refractivity contribution in [1.82, 2.24) is 10.3 Å². The van der Waals surface area contributed by atoms with Crippen molar-refractivity contribution in [3.05, 3.63) is 41.0 Å². The first-order chi connectivity index (χ1) is 9.77. The highest BCUT2D eigenvalue weighted by Gasteiger charge is 2.22. The Kier molecular flexibility index (Phi) is 4.49. The van der Waals surface area contributed by atoms with Gasteiger partial charge in [0, 0.05) is 17.5 Å². The van der Waals surface area contributed by atoms with E-state index in [1.165, 1.54) is 0 Å². The Labute approximate surface area is 129 Å². The van der Waals surface area contributed by atoms with Gasteiger partial charge in [-0.05, 0) is 35.7 Å². The summed E-state index contributed by atoms with van der Waals surface area (Å²) in [5.74, 6) is -0.213. The molecule has 1 aromatic heterocycles. The van der Waals surface area contributed by atoms with Gasteiger partial charge in [0.15, 0.2) is 0 Å². The summed E-state index contributed by atoms with van der Waals surface area (Å²) >= 11 is 5.83. The number of nitrogens with zero attached hydrogens (tertiary/aromatic N) is 1. The minimum atomic E-state index is -0.595. The third-order valence-electron chi connectivity index (χ3n) is 3.37. The summed E-state index contributed by atoms with van der Waals surface area (Å²) in [5, 5.41) is 14.0. The molecule has 1 atom stereocenters. The zero-order valence-corrected chi connectivity index (χ0v) is 13.1. The smallest absolute Gasteiger partial charge is 0.251 e. The second kappa shape index (κ2) is 6.00. The molecule has 2 rings (SSSR count). The second-order valence-corrected chi connectivity index (χ2v) is 6.52. The quantitative estimate of drug-likeness (QED) is 0.857. The largest absolute Gasteiger partial charge is 0.391 e. The maximum Gasteiger partial charge on any atom is 0.251 e. The Morgan fingerprint density at radius 1 is 1.33 bits per heavy atom. The molecule has 0 fully saturated rings. The van der Waals surface area contributed by atoms with E-state index < -0.39 is 6.10 Å². The van der Waals surface area contributed by atoms with E-state index in [1.807, 2.05) is 26.8 Å². The molecule has 21 heavy (non-hydrogen) atoms. The van der Waals surface area contributed by atoms with Crippen LogP contribution >= 0.6 is 11.6 Å². The highest BCUT2D eigenvalue weighted by atomic mass is 35.5. The molecule has 0 bridgehead atoms. The lowest BCUT2D eigenvalue weighted by atomic mass is 9.89. The molecular weight excluding hydrogens is 288 g/mol. The van der Waals surface area contributed by atoms with Crippen molar-refractivity contribution in [2.45, 2.75) is 26.9 Å². The Hall–Kier alpha value is -1.65. The van der Waals surface area contributed by atoms with Gasteiger partial charge in [-0.3, -0.25) is 4.79 Å². The van der Waals surface area contributed by atoms with Crippen molar-refractivity contribution in [3.8, 4) is 0 Å². The van der Waals surface area contributed by atoms with Crippen LogP contribution < -0.4 is 5.32 Å². The van der Waals surface area contributed by atoms with Crippen LogP contribution in [0.25, 0.3) is 10.9 Å². The van der Waals surface area contributed by atoms with Crippen molar-refractivity contribution >= 4 is 28.4 Å². The van der Waals surface area contributed by atoms with E-state index in [2.05, 4.69) is 10.3 Å². The number of rotatable bonds is 3. The molecule has 0 spiro atoms. The van der Waals surface area contributed by atoms with E-state index in [1.54, 1.807) is 24.3 Å². The van der Waals surface area contributed by atoms with Crippen LogP contribution in [0.3, 0.4) is 0 Å². The highest BCUT2D eigenvalue weighted by molar-refractivity contribution is 6.29. The number of aliphatic hydroxyl groups is 1. The van der Waals surface area contributed by atoms with Crippen molar-refractivity contribution in [2.75, 3.05) is 6.54 Å². The van der Waals surface area contributed by atoms with Crippen molar-refractivity contribution in [2.24, 2.45) is 5.41 Å². The number of aromatic nitrogens is 1. The maximum absolute atomic E-state index is 12.1. The van der Waals surface area contributed by atoms with E-state index in [4.69, 9.17) is 11.6 Å². The number of hydrogen-bond donors (Lipinski definition) is 2. The fourth-order valence-corrected chi connectivity index (χ4v) is 1.99. The van der Waals surface area contributed by atoms with Crippen LogP contribution in [-0.4, -0.2) is 28.6 Å². The summed E-state index contributed by atoms with van der Waals surface area (Å²) in [6.07, 6.45) is -0.595. The third-order valence-corrected chi connectivity index (χ3v) is 3.58. The number of hydrogen-bond acceptors (Lipinski definition) is 3. The molecule has 0 aliphatic heterocycles. The first-order valence-corrected chi connectivity index (χ1v) is 7.18. The lowest BCUT2D eigenvalue weighted by Gasteiger charge is -2.25. The number of benzene rings is 1. The van der Waals surface area contributed by atoms with E-state index in [0.717, 1.165) is 10.9 Å². The summed E-state index contributed by atoms with van der Waals surface area (Å²) in [6.45, 7) is 6.00. The molecule has 2 N–H and O–H groups in total. The van der Waals surface area contributed by atoms with Gasteiger partial charge in [-0.2, -0.15) is 0 Å². The maximum atomic E-state index is 12.1. The molecule has 1 amide bonds. The minimum absolute atomic E-state index is 0.213. The van der Waals surface area contributed by atoms with Crippen LogP contribution in [0.15, 0.2) is 30.3 Å².